The van der Waals surface area contributed by atoms with Crippen LogP contribution in [0.5, 0.6) is 0 Å². The third-order valence-electron chi connectivity index (χ3n) is 2.00. The Bertz CT molecular complexity index is 271. The Hall–Kier alpha value is -0.800. The van der Waals surface area contributed by atoms with Crippen molar-refractivity contribution < 1.29 is 0 Å². The average molecular weight is 214 g/mol. The summed E-state index contributed by atoms with van der Waals surface area (Å²) in [7, 11) is 0. The predicted molar refractivity (Wildman–Crippen MR) is 60.8 cm³/mol. The van der Waals surface area contributed by atoms with Gasteiger partial charge in [-0.05, 0) is 26.0 Å². The van der Waals surface area contributed by atoms with Crippen molar-refractivity contribution in [1.29, 1.82) is 0 Å². The van der Waals surface area contributed by atoms with E-state index in [2.05, 4.69) is 23.7 Å². The molecule has 0 spiro atoms. The Kier molecular flexibility index (Phi) is 4.17. The van der Waals surface area contributed by atoms with Crippen molar-refractivity contribution in [2.75, 3.05) is 18.0 Å². The number of halogens is 1. The van der Waals surface area contributed by atoms with E-state index in [1.807, 2.05) is 12.1 Å². The van der Waals surface area contributed by atoms with Gasteiger partial charge in [0.15, 0.2) is 0 Å². The minimum atomic E-state index is 0.396. The Morgan fingerprint density at radius 2 is 2.21 bits per heavy atom. The van der Waals surface area contributed by atoms with Gasteiger partial charge < -0.3 is 10.6 Å². The molecule has 4 heteroatoms. The summed E-state index contributed by atoms with van der Waals surface area (Å²) in [5.41, 5.74) is 5.54. The summed E-state index contributed by atoms with van der Waals surface area (Å²) in [6, 6.07) is 4.15. The van der Waals surface area contributed by atoms with Crippen LogP contribution in [0.4, 0.5) is 5.82 Å². The Balaban J connectivity index is 2.82. The molecule has 0 saturated carbocycles. The van der Waals surface area contributed by atoms with Crippen LogP contribution in [-0.2, 0) is 0 Å². The lowest BCUT2D eigenvalue weighted by molar-refractivity contribution is 0.675. The van der Waals surface area contributed by atoms with E-state index >= 15 is 0 Å². The van der Waals surface area contributed by atoms with Gasteiger partial charge in [-0.15, -0.1) is 0 Å². The Labute approximate surface area is 89.9 Å². The van der Waals surface area contributed by atoms with Gasteiger partial charge >= 0.3 is 0 Å². The fraction of sp³-hybridized carbons (Fsp3) is 0.500. The molecule has 0 aliphatic carbocycles. The number of nitrogens with zero attached hydrogens (tertiary/aromatic N) is 2. The van der Waals surface area contributed by atoms with Crippen LogP contribution in [-0.4, -0.2) is 24.1 Å². The normalized spacial score (nSPS) is 10.6. The van der Waals surface area contributed by atoms with Crippen molar-refractivity contribution in [2.24, 2.45) is 5.73 Å². The molecule has 0 bridgehead atoms. The molecule has 0 unspecified atom stereocenters. The summed E-state index contributed by atoms with van der Waals surface area (Å²) in [5, 5.41) is 0.658. The van der Waals surface area contributed by atoms with Crippen LogP contribution in [0, 0.1) is 0 Å². The molecule has 0 aliphatic rings. The molecule has 0 atom stereocenters. The minimum absolute atomic E-state index is 0.396. The van der Waals surface area contributed by atoms with Crippen LogP contribution in [0.3, 0.4) is 0 Å². The Morgan fingerprint density at radius 3 is 2.64 bits per heavy atom. The molecule has 3 nitrogen and oxygen atoms in total. The van der Waals surface area contributed by atoms with E-state index in [1.54, 1.807) is 6.20 Å². The molecule has 0 aromatic carbocycles. The molecule has 0 fully saturated rings. The SMILES string of the molecule is CC(C)N(CCN)c1ccc(Cl)cn1. The first-order chi connectivity index (χ1) is 6.65. The minimum Gasteiger partial charge on any atom is -0.353 e. The van der Waals surface area contributed by atoms with E-state index in [-0.39, 0.29) is 0 Å². The molecule has 2 N–H and O–H groups in total. The summed E-state index contributed by atoms with van der Waals surface area (Å²) in [6.45, 7) is 5.67. The van der Waals surface area contributed by atoms with Crippen LogP contribution in [0.25, 0.3) is 0 Å². The van der Waals surface area contributed by atoms with Gasteiger partial charge in [-0.2, -0.15) is 0 Å². The van der Waals surface area contributed by atoms with Crippen molar-refractivity contribution in [2.45, 2.75) is 19.9 Å². The van der Waals surface area contributed by atoms with Crippen molar-refractivity contribution in [3.8, 4) is 0 Å². The molecule has 1 aromatic rings. The molecule has 1 heterocycles. The molecule has 0 aliphatic heterocycles. The number of rotatable bonds is 4. The summed E-state index contributed by atoms with van der Waals surface area (Å²) in [6.07, 6.45) is 1.66. The number of pyridine rings is 1. The standard InChI is InChI=1S/C10H16ClN3/c1-8(2)14(6-5-12)10-4-3-9(11)7-13-10/h3-4,7-8H,5-6,12H2,1-2H3. The highest BCUT2D eigenvalue weighted by molar-refractivity contribution is 6.30. The lowest BCUT2D eigenvalue weighted by Gasteiger charge is -2.27. The van der Waals surface area contributed by atoms with Crippen molar-refractivity contribution >= 4 is 17.4 Å². The quantitative estimate of drug-likeness (QED) is 0.831. The predicted octanol–water partition coefficient (Wildman–Crippen LogP) is 1.91. The summed E-state index contributed by atoms with van der Waals surface area (Å²) < 4.78 is 0. The number of anilines is 1. The highest BCUT2D eigenvalue weighted by Gasteiger charge is 2.09. The first-order valence-electron chi connectivity index (χ1n) is 4.73. The summed E-state index contributed by atoms with van der Waals surface area (Å²) in [4.78, 5) is 6.41. The van der Waals surface area contributed by atoms with Gasteiger partial charge in [0.25, 0.3) is 0 Å². The van der Waals surface area contributed by atoms with Crippen LogP contribution >= 0.6 is 11.6 Å². The van der Waals surface area contributed by atoms with E-state index < -0.39 is 0 Å². The van der Waals surface area contributed by atoms with E-state index in [0.29, 0.717) is 17.6 Å². The van der Waals surface area contributed by atoms with Gasteiger partial charge in [-0.3, -0.25) is 0 Å². The number of hydrogen-bond acceptors (Lipinski definition) is 3. The smallest absolute Gasteiger partial charge is 0.128 e. The maximum atomic E-state index is 5.77. The van der Waals surface area contributed by atoms with Crippen molar-refractivity contribution in [1.82, 2.24) is 4.98 Å². The lowest BCUT2D eigenvalue weighted by Crippen LogP contribution is -2.35. The molecule has 1 aromatic heterocycles. The monoisotopic (exact) mass is 213 g/mol. The molecular formula is C10H16ClN3. The van der Waals surface area contributed by atoms with E-state index in [1.165, 1.54) is 0 Å². The van der Waals surface area contributed by atoms with Crippen LogP contribution < -0.4 is 10.6 Å². The van der Waals surface area contributed by atoms with Gasteiger partial charge in [0.1, 0.15) is 5.82 Å². The fourth-order valence-corrected chi connectivity index (χ4v) is 1.43. The third-order valence-corrected chi connectivity index (χ3v) is 2.22. The second-order valence-electron chi connectivity index (χ2n) is 3.41. The van der Waals surface area contributed by atoms with Crippen LogP contribution in [0.15, 0.2) is 18.3 Å². The van der Waals surface area contributed by atoms with E-state index in [4.69, 9.17) is 17.3 Å². The summed E-state index contributed by atoms with van der Waals surface area (Å²) in [5.74, 6) is 0.926. The van der Waals surface area contributed by atoms with Crippen molar-refractivity contribution in [3.05, 3.63) is 23.4 Å². The van der Waals surface area contributed by atoms with Gasteiger partial charge in [0, 0.05) is 25.3 Å². The van der Waals surface area contributed by atoms with Gasteiger partial charge in [0.2, 0.25) is 0 Å². The first-order valence-corrected chi connectivity index (χ1v) is 5.11. The molecule has 0 saturated heterocycles. The summed E-state index contributed by atoms with van der Waals surface area (Å²) >= 11 is 5.77. The van der Waals surface area contributed by atoms with Crippen LogP contribution in [0.2, 0.25) is 5.02 Å². The van der Waals surface area contributed by atoms with E-state index in [9.17, 15) is 0 Å². The molecule has 0 radical (unpaired) electrons. The van der Waals surface area contributed by atoms with Crippen LogP contribution in [0.1, 0.15) is 13.8 Å². The molecule has 0 amide bonds. The fourth-order valence-electron chi connectivity index (χ4n) is 1.31. The highest BCUT2D eigenvalue weighted by atomic mass is 35.5. The number of hydrogen-bond donors (Lipinski definition) is 1. The lowest BCUT2D eigenvalue weighted by atomic mass is 10.3. The second-order valence-corrected chi connectivity index (χ2v) is 3.85. The largest absolute Gasteiger partial charge is 0.353 e. The average Bonchev–Trinajstić information content (AvgIpc) is 2.15. The highest BCUT2D eigenvalue weighted by Crippen LogP contribution is 2.15. The Morgan fingerprint density at radius 1 is 1.50 bits per heavy atom. The molecule has 14 heavy (non-hydrogen) atoms. The number of aromatic nitrogens is 1. The zero-order chi connectivity index (χ0) is 10.6. The maximum Gasteiger partial charge on any atom is 0.128 e. The third kappa shape index (κ3) is 2.86. The maximum absolute atomic E-state index is 5.77. The topological polar surface area (TPSA) is 42.1 Å². The number of nitrogens with two attached hydrogens (primary N) is 1. The molecular weight excluding hydrogens is 198 g/mol. The molecule has 78 valence electrons. The van der Waals surface area contributed by atoms with Crippen molar-refractivity contribution in [3.63, 3.8) is 0 Å². The zero-order valence-electron chi connectivity index (χ0n) is 8.57. The second kappa shape index (κ2) is 5.17. The molecule has 1 rings (SSSR count). The van der Waals surface area contributed by atoms with E-state index in [0.717, 1.165) is 12.4 Å². The zero-order valence-corrected chi connectivity index (χ0v) is 9.33. The van der Waals surface area contributed by atoms with Gasteiger partial charge in [0.05, 0.1) is 5.02 Å². The van der Waals surface area contributed by atoms with Gasteiger partial charge in [-0.1, -0.05) is 11.6 Å². The van der Waals surface area contributed by atoms with Gasteiger partial charge in [-0.25, -0.2) is 4.98 Å². The first kappa shape index (κ1) is 11.3.